The van der Waals surface area contributed by atoms with Gasteiger partial charge >= 0.3 is 0 Å². The molecular weight excluding hydrogens is 362 g/mol. The fourth-order valence-corrected chi connectivity index (χ4v) is 3.16. The van der Waals surface area contributed by atoms with Gasteiger partial charge in [0.15, 0.2) is 5.65 Å². The second kappa shape index (κ2) is 6.97. The van der Waals surface area contributed by atoms with Gasteiger partial charge in [-0.2, -0.15) is 9.61 Å². The number of aliphatic hydroxyl groups is 1. The number of carbonyl (C=O) groups excluding carboxylic acids is 1. The van der Waals surface area contributed by atoms with Crippen molar-refractivity contribution in [2.24, 2.45) is 7.05 Å². The number of hydrogen-bond acceptors (Lipinski definition) is 7. The molecule has 28 heavy (non-hydrogen) atoms. The van der Waals surface area contributed by atoms with Crippen LogP contribution in [0.15, 0.2) is 35.4 Å². The number of amides is 1. The summed E-state index contributed by atoms with van der Waals surface area (Å²) in [6, 6.07) is 5.08. The number of pyridine rings is 1. The van der Waals surface area contributed by atoms with Gasteiger partial charge in [-0.25, -0.2) is 4.98 Å². The van der Waals surface area contributed by atoms with Gasteiger partial charge in [0.25, 0.3) is 11.5 Å². The van der Waals surface area contributed by atoms with Gasteiger partial charge in [-0.1, -0.05) is 0 Å². The Morgan fingerprint density at radius 1 is 1.36 bits per heavy atom. The van der Waals surface area contributed by atoms with E-state index < -0.39 is 0 Å². The molecule has 3 aromatic rings. The summed E-state index contributed by atoms with van der Waals surface area (Å²) in [5.74, 6) is 0.723. The predicted octanol–water partition coefficient (Wildman–Crippen LogP) is 0.466. The molecule has 1 fully saturated rings. The van der Waals surface area contributed by atoms with Gasteiger partial charge in [-0.3, -0.25) is 9.59 Å². The molecule has 0 radical (unpaired) electrons. The first kappa shape index (κ1) is 18.0. The van der Waals surface area contributed by atoms with Gasteiger partial charge < -0.3 is 25.6 Å². The van der Waals surface area contributed by atoms with Crippen molar-refractivity contribution in [2.75, 3.05) is 17.7 Å². The van der Waals surface area contributed by atoms with Crippen molar-refractivity contribution in [3.63, 3.8) is 0 Å². The number of fused-ring (bicyclic) bond motifs is 1. The number of aromatic nitrogens is 4. The summed E-state index contributed by atoms with van der Waals surface area (Å²) in [5.41, 5.74) is 0.866. The van der Waals surface area contributed by atoms with E-state index in [0.29, 0.717) is 41.4 Å². The molecule has 3 aromatic heterocycles. The van der Waals surface area contributed by atoms with Crippen LogP contribution in [0.1, 0.15) is 23.2 Å². The lowest BCUT2D eigenvalue weighted by Gasteiger charge is -2.31. The third kappa shape index (κ3) is 3.18. The third-order valence-electron chi connectivity index (χ3n) is 4.81. The Bertz CT molecular complexity index is 1100. The Labute approximate surface area is 160 Å². The Hall–Kier alpha value is -3.40. The molecule has 1 saturated carbocycles. The SMILES string of the molecule is CNc1cc(Nc2cccn(C)c2=O)nc2c(C(=O)N[C@H]3C[C@@H](O)C3)cnn12. The van der Waals surface area contributed by atoms with Crippen LogP contribution in [0.25, 0.3) is 5.65 Å². The predicted molar refractivity (Wildman–Crippen MR) is 104 cm³/mol. The molecule has 0 aliphatic heterocycles. The van der Waals surface area contributed by atoms with Crippen LogP contribution < -0.4 is 21.5 Å². The Balaban J connectivity index is 1.69. The second-order valence-electron chi connectivity index (χ2n) is 6.83. The van der Waals surface area contributed by atoms with Crippen molar-refractivity contribution in [2.45, 2.75) is 25.0 Å². The van der Waals surface area contributed by atoms with Crippen LogP contribution in [0.2, 0.25) is 0 Å². The van der Waals surface area contributed by atoms with E-state index in [1.165, 1.54) is 15.3 Å². The molecule has 0 saturated heterocycles. The third-order valence-corrected chi connectivity index (χ3v) is 4.81. The Morgan fingerprint density at radius 2 is 2.14 bits per heavy atom. The summed E-state index contributed by atoms with van der Waals surface area (Å²) in [4.78, 5) is 29.4. The van der Waals surface area contributed by atoms with Gasteiger partial charge in [0.1, 0.15) is 22.9 Å². The number of aryl methyl sites for hydroxylation is 1. The van der Waals surface area contributed by atoms with Crippen LogP contribution in [0.4, 0.5) is 17.3 Å². The monoisotopic (exact) mass is 383 g/mol. The number of nitrogens with one attached hydrogen (secondary N) is 3. The molecule has 4 N–H and O–H groups in total. The lowest BCUT2D eigenvalue weighted by atomic mass is 9.89. The van der Waals surface area contributed by atoms with Crippen LogP contribution in [0.5, 0.6) is 0 Å². The van der Waals surface area contributed by atoms with E-state index in [4.69, 9.17) is 0 Å². The maximum Gasteiger partial charge on any atom is 0.274 e. The zero-order chi connectivity index (χ0) is 19.8. The van der Waals surface area contributed by atoms with Crippen molar-refractivity contribution >= 4 is 28.9 Å². The first-order chi connectivity index (χ1) is 13.5. The molecule has 0 atom stereocenters. The van der Waals surface area contributed by atoms with Gasteiger partial charge in [-0.15, -0.1) is 0 Å². The molecule has 1 amide bonds. The largest absolute Gasteiger partial charge is 0.393 e. The van der Waals surface area contributed by atoms with Gasteiger partial charge in [0.05, 0.1) is 12.3 Å². The van der Waals surface area contributed by atoms with Crippen LogP contribution in [-0.2, 0) is 7.05 Å². The van der Waals surface area contributed by atoms with E-state index in [-0.39, 0.29) is 23.6 Å². The molecule has 146 valence electrons. The first-order valence-corrected chi connectivity index (χ1v) is 8.94. The van der Waals surface area contributed by atoms with Gasteiger partial charge in [0.2, 0.25) is 0 Å². The number of nitrogens with zero attached hydrogens (tertiary/aromatic N) is 4. The summed E-state index contributed by atoms with van der Waals surface area (Å²) in [6.07, 6.45) is 3.86. The molecule has 4 rings (SSSR count). The first-order valence-electron chi connectivity index (χ1n) is 8.94. The standard InChI is InChI=1S/C18H21N7O3/c1-19-15-8-14(22-13-4-3-5-24(2)18(13)28)23-16-12(9-20-25(15)16)17(27)21-10-6-11(26)7-10/h3-5,8-11,19,26H,6-7H2,1-2H3,(H,21,27)(H,22,23)/t10-,11+. The normalized spacial score (nSPS) is 18.5. The van der Waals surface area contributed by atoms with Crippen molar-refractivity contribution < 1.29 is 9.90 Å². The topological polar surface area (TPSA) is 126 Å². The number of hydrogen-bond donors (Lipinski definition) is 4. The number of aliphatic hydroxyl groups excluding tert-OH is 1. The molecule has 0 bridgehead atoms. The molecular formula is C18H21N7O3. The number of carbonyl (C=O) groups is 1. The lowest BCUT2D eigenvalue weighted by Crippen LogP contribution is -2.46. The molecule has 3 heterocycles. The quantitative estimate of drug-likeness (QED) is 0.504. The fraction of sp³-hybridized carbons (Fsp3) is 0.333. The highest BCUT2D eigenvalue weighted by Crippen LogP contribution is 2.23. The summed E-state index contributed by atoms with van der Waals surface area (Å²) in [7, 11) is 3.40. The van der Waals surface area contributed by atoms with E-state index in [1.807, 2.05) is 0 Å². The number of rotatable bonds is 5. The number of anilines is 3. The maximum absolute atomic E-state index is 12.6. The van der Waals surface area contributed by atoms with Crippen LogP contribution in [0.3, 0.4) is 0 Å². The molecule has 1 aliphatic carbocycles. The summed E-state index contributed by atoms with van der Waals surface area (Å²) < 4.78 is 2.99. The van der Waals surface area contributed by atoms with Crippen LogP contribution in [-0.4, -0.2) is 49.4 Å². The van der Waals surface area contributed by atoms with Crippen molar-refractivity contribution in [3.8, 4) is 0 Å². The van der Waals surface area contributed by atoms with Gasteiger partial charge in [0, 0.05) is 32.4 Å². The van der Waals surface area contributed by atoms with Crippen LogP contribution in [0, 0.1) is 0 Å². The molecule has 0 spiro atoms. The zero-order valence-electron chi connectivity index (χ0n) is 15.5. The van der Waals surface area contributed by atoms with Crippen LogP contribution >= 0.6 is 0 Å². The maximum atomic E-state index is 12.6. The summed E-state index contributed by atoms with van der Waals surface area (Å²) >= 11 is 0. The highest BCUT2D eigenvalue weighted by Gasteiger charge is 2.29. The molecule has 0 aromatic carbocycles. The molecule has 0 unspecified atom stereocenters. The Morgan fingerprint density at radius 3 is 2.86 bits per heavy atom. The fourth-order valence-electron chi connectivity index (χ4n) is 3.16. The highest BCUT2D eigenvalue weighted by molar-refractivity contribution is 6.00. The molecule has 1 aliphatic rings. The summed E-state index contributed by atoms with van der Waals surface area (Å²) in [5, 5.41) is 22.5. The average molecular weight is 383 g/mol. The minimum atomic E-state index is -0.354. The van der Waals surface area contributed by atoms with Crippen molar-refractivity contribution in [1.29, 1.82) is 0 Å². The summed E-state index contributed by atoms with van der Waals surface area (Å²) in [6.45, 7) is 0. The zero-order valence-corrected chi connectivity index (χ0v) is 15.5. The minimum absolute atomic E-state index is 0.0464. The highest BCUT2D eigenvalue weighted by atomic mass is 16.3. The second-order valence-corrected chi connectivity index (χ2v) is 6.83. The van der Waals surface area contributed by atoms with E-state index >= 15 is 0 Å². The van der Waals surface area contributed by atoms with E-state index in [0.717, 1.165) is 0 Å². The molecule has 10 nitrogen and oxygen atoms in total. The van der Waals surface area contributed by atoms with Crippen molar-refractivity contribution in [1.82, 2.24) is 24.5 Å². The average Bonchev–Trinajstić information content (AvgIpc) is 3.07. The van der Waals surface area contributed by atoms with Gasteiger partial charge in [-0.05, 0) is 25.0 Å². The van der Waals surface area contributed by atoms with E-state index in [1.54, 1.807) is 38.5 Å². The van der Waals surface area contributed by atoms with E-state index in [2.05, 4.69) is 26.0 Å². The van der Waals surface area contributed by atoms with E-state index in [9.17, 15) is 14.7 Å². The minimum Gasteiger partial charge on any atom is -0.393 e. The van der Waals surface area contributed by atoms with Crippen molar-refractivity contribution in [3.05, 3.63) is 46.5 Å². The molecule has 10 heteroatoms. The lowest BCUT2D eigenvalue weighted by molar-refractivity contribution is 0.0563. The Kier molecular flexibility index (Phi) is 4.47. The smallest absolute Gasteiger partial charge is 0.274 e.